The Balaban J connectivity index is 1.49. The first-order valence-corrected chi connectivity index (χ1v) is 11.3. The van der Waals surface area contributed by atoms with Crippen molar-refractivity contribution in [3.8, 4) is 27.8 Å². The fourth-order valence-corrected chi connectivity index (χ4v) is 4.04. The Morgan fingerprint density at radius 1 is 1.00 bits per heavy atom. The number of hydrogen-bond acceptors (Lipinski definition) is 5. The van der Waals surface area contributed by atoms with Gasteiger partial charge >= 0.3 is 0 Å². The molecule has 2 aromatic heterocycles. The van der Waals surface area contributed by atoms with Gasteiger partial charge in [0.25, 0.3) is 5.91 Å². The van der Waals surface area contributed by atoms with Crippen molar-refractivity contribution in [2.45, 2.75) is 13.5 Å². The van der Waals surface area contributed by atoms with E-state index in [2.05, 4.69) is 0 Å². The number of ether oxygens (including phenoxy) is 2. The number of nitrogens with zero attached hydrogens (tertiary/aromatic N) is 3. The maximum absolute atomic E-state index is 12.8. The van der Waals surface area contributed by atoms with Crippen molar-refractivity contribution < 1.29 is 14.3 Å². The molecule has 0 aliphatic heterocycles. The lowest BCUT2D eigenvalue weighted by molar-refractivity contribution is -0.132. The van der Waals surface area contributed by atoms with Gasteiger partial charge in [-0.2, -0.15) is 5.10 Å². The largest absolute Gasteiger partial charge is 0.490 e. The van der Waals surface area contributed by atoms with Gasteiger partial charge in [-0.15, -0.1) is 11.3 Å². The average molecular weight is 448 g/mol. The summed E-state index contributed by atoms with van der Waals surface area (Å²) in [6.45, 7) is 2.80. The van der Waals surface area contributed by atoms with E-state index in [1.807, 2.05) is 83.8 Å². The highest BCUT2D eigenvalue weighted by molar-refractivity contribution is 7.13. The Bertz CT molecular complexity index is 1160. The number of carbonyl (C=O) groups is 1. The minimum absolute atomic E-state index is 0.0677. The van der Waals surface area contributed by atoms with E-state index in [1.165, 1.54) is 0 Å². The monoisotopic (exact) mass is 447 g/mol. The van der Waals surface area contributed by atoms with Crippen molar-refractivity contribution >= 4 is 17.2 Å². The summed E-state index contributed by atoms with van der Waals surface area (Å²) in [5.74, 6) is 1.07. The molecule has 4 rings (SSSR count). The summed E-state index contributed by atoms with van der Waals surface area (Å²) in [5, 5.41) is 6.83. The van der Waals surface area contributed by atoms with Crippen LogP contribution < -0.4 is 9.47 Å². The molecular weight excluding hydrogens is 422 g/mol. The van der Waals surface area contributed by atoms with Crippen LogP contribution in [-0.2, 0) is 11.3 Å². The second kappa shape index (κ2) is 10.2. The van der Waals surface area contributed by atoms with E-state index in [4.69, 9.17) is 14.6 Å². The fourth-order valence-electron chi connectivity index (χ4n) is 3.30. The van der Waals surface area contributed by atoms with Gasteiger partial charge in [-0.3, -0.25) is 4.79 Å². The normalized spacial score (nSPS) is 10.7. The number of rotatable bonds is 9. The van der Waals surface area contributed by atoms with Crippen LogP contribution in [0.4, 0.5) is 0 Å². The van der Waals surface area contributed by atoms with Gasteiger partial charge in [-0.1, -0.05) is 36.4 Å². The molecule has 0 saturated carbocycles. The van der Waals surface area contributed by atoms with Gasteiger partial charge < -0.3 is 14.4 Å². The van der Waals surface area contributed by atoms with Gasteiger partial charge in [0.05, 0.1) is 17.2 Å². The zero-order valence-electron chi connectivity index (χ0n) is 18.1. The maximum Gasteiger partial charge on any atom is 0.260 e. The van der Waals surface area contributed by atoms with E-state index < -0.39 is 0 Å². The summed E-state index contributed by atoms with van der Waals surface area (Å²) >= 11 is 1.63. The molecule has 0 N–H and O–H groups in total. The molecule has 0 aliphatic rings. The van der Waals surface area contributed by atoms with Crippen LogP contribution in [0.25, 0.3) is 16.3 Å². The first kappa shape index (κ1) is 21.6. The van der Waals surface area contributed by atoms with Crippen molar-refractivity contribution in [2.24, 2.45) is 0 Å². The first-order chi connectivity index (χ1) is 15.7. The van der Waals surface area contributed by atoms with Gasteiger partial charge in [-0.25, -0.2) is 4.68 Å². The standard InChI is InChI=1S/C25H25N3O3S/c1-3-30-21-12-7-8-13-22(21)31-18-24(29)27(2)16-19-17-28(20-10-5-4-6-11-20)26-25(19)23-14-9-15-32-23/h4-15,17H,3,16,18H2,1-2H3. The zero-order chi connectivity index (χ0) is 22.3. The lowest BCUT2D eigenvalue weighted by Gasteiger charge is -2.18. The first-order valence-electron chi connectivity index (χ1n) is 10.4. The van der Waals surface area contributed by atoms with Crippen LogP contribution in [0.5, 0.6) is 11.5 Å². The summed E-state index contributed by atoms with van der Waals surface area (Å²) in [6, 6.07) is 21.4. The van der Waals surface area contributed by atoms with E-state index in [9.17, 15) is 4.79 Å². The predicted octanol–water partition coefficient (Wildman–Crippen LogP) is 5.04. The molecule has 0 aliphatic carbocycles. The quantitative estimate of drug-likeness (QED) is 0.361. The van der Waals surface area contributed by atoms with Crippen molar-refractivity contribution in [2.75, 3.05) is 20.3 Å². The Kier molecular flexibility index (Phi) is 6.87. The minimum Gasteiger partial charge on any atom is -0.490 e. The number of aromatic nitrogens is 2. The summed E-state index contributed by atoms with van der Waals surface area (Å²) < 4.78 is 13.2. The number of thiophene rings is 1. The van der Waals surface area contributed by atoms with Crippen LogP contribution in [0.3, 0.4) is 0 Å². The zero-order valence-corrected chi connectivity index (χ0v) is 18.9. The van der Waals surface area contributed by atoms with E-state index in [1.54, 1.807) is 29.4 Å². The SMILES string of the molecule is CCOc1ccccc1OCC(=O)N(C)Cc1cn(-c2ccccc2)nc1-c1cccs1. The molecule has 6 nitrogen and oxygen atoms in total. The van der Waals surface area contributed by atoms with E-state index in [0.29, 0.717) is 24.7 Å². The van der Waals surface area contributed by atoms with Crippen LogP contribution in [-0.4, -0.2) is 40.8 Å². The number of amides is 1. The Labute approximate surface area is 191 Å². The second-order valence-corrected chi connectivity index (χ2v) is 8.13. The predicted molar refractivity (Wildman–Crippen MR) is 126 cm³/mol. The lowest BCUT2D eigenvalue weighted by atomic mass is 10.2. The van der Waals surface area contributed by atoms with Crippen molar-refractivity contribution in [1.29, 1.82) is 0 Å². The fraction of sp³-hybridized carbons (Fsp3) is 0.200. The second-order valence-electron chi connectivity index (χ2n) is 7.18. The maximum atomic E-state index is 12.8. The third kappa shape index (κ3) is 5.00. The highest BCUT2D eigenvalue weighted by Gasteiger charge is 2.18. The molecule has 1 amide bonds. The Hall–Kier alpha value is -3.58. The topological polar surface area (TPSA) is 56.6 Å². The van der Waals surface area contributed by atoms with Gasteiger partial charge in [-0.05, 0) is 42.6 Å². The molecule has 32 heavy (non-hydrogen) atoms. The molecule has 7 heteroatoms. The van der Waals surface area contributed by atoms with Crippen LogP contribution >= 0.6 is 11.3 Å². The molecule has 0 bridgehead atoms. The van der Waals surface area contributed by atoms with Crippen molar-refractivity contribution in [1.82, 2.24) is 14.7 Å². The summed E-state index contributed by atoms with van der Waals surface area (Å²) in [7, 11) is 1.78. The molecule has 0 saturated heterocycles. The molecule has 0 radical (unpaired) electrons. The number of hydrogen-bond donors (Lipinski definition) is 0. The molecule has 164 valence electrons. The number of benzene rings is 2. The van der Waals surface area contributed by atoms with Crippen molar-refractivity contribution in [3.63, 3.8) is 0 Å². The molecular formula is C25H25N3O3S. The molecule has 4 aromatic rings. The molecule has 2 heterocycles. The third-order valence-electron chi connectivity index (χ3n) is 4.90. The Morgan fingerprint density at radius 3 is 2.41 bits per heavy atom. The minimum atomic E-state index is -0.124. The van der Waals surface area contributed by atoms with Crippen molar-refractivity contribution in [3.05, 3.63) is 83.9 Å². The summed E-state index contributed by atoms with van der Waals surface area (Å²) in [4.78, 5) is 15.5. The molecule has 2 aromatic carbocycles. The van der Waals surface area contributed by atoms with E-state index in [0.717, 1.165) is 21.8 Å². The van der Waals surface area contributed by atoms with E-state index >= 15 is 0 Å². The van der Waals surface area contributed by atoms with Gasteiger partial charge in [0.15, 0.2) is 18.1 Å². The highest BCUT2D eigenvalue weighted by atomic mass is 32.1. The third-order valence-corrected chi connectivity index (χ3v) is 5.78. The summed E-state index contributed by atoms with van der Waals surface area (Å²) in [6.07, 6.45) is 1.99. The van der Waals surface area contributed by atoms with Gasteiger partial charge in [0.1, 0.15) is 5.69 Å². The van der Waals surface area contributed by atoms with Crippen LogP contribution in [0.1, 0.15) is 12.5 Å². The van der Waals surface area contributed by atoms with Crippen LogP contribution in [0.2, 0.25) is 0 Å². The van der Waals surface area contributed by atoms with Gasteiger partial charge in [0, 0.05) is 25.4 Å². The lowest BCUT2D eigenvalue weighted by Crippen LogP contribution is -2.31. The average Bonchev–Trinajstić information content (AvgIpc) is 3.49. The number of likely N-dealkylation sites (N-methyl/N-ethyl adjacent to an activating group) is 1. The number of para-hydroxylation sites is 3. The van der Waals surface area contributed by atoms with Crippen LogP contribution in [0, 0.1) is 0 Å². The molecule has 0 unspecified atom stereocenters. The van der Waals surface area contributed by atoms with E-state index in [-0.39, 0.29) is 12.5 Å². The molecule has 0 spiro atoms. The molecule has 0 fully saturated rings. The Morgan fingerprint density at radius 2 is 1.72 bits per heavy atom. The van der Waals surface area contributed by atoms with Gasteiger partial charge in [0.2, 0.25) is 0 Å². The summed E-state index contributed by atoms with van der Waals surface area (Å²) in [5.41, 5.74) is 2.83. The van der Waals surface area contributed by atoms with Crippen LogP contribution in [0.15, 0.2) is 78.3 Å². The highest BCUT2D eigenvalue weighted by Crippen LogP contribution is 2.29. The number of carbonyl (C=O) groups excluding carboxylic acids is 1. The molecule has 0 atom stereocenters. The smallest absolute Gasteiger partial charge is 0.260 e.